The first-order valence-electron chi connectivity index (χ1n) is 17.9. The van der Waals surface area contributed by atoms with E-state index in [-0.39, 0.29) is 0 Å². The van der Waals surface area contributed by atoms with Gasteiger partial charge in [0.2, 0.25) is 0 Å². The van der Waals surface area contributed by atoms with E-state index in [0.29, 0.717) is 0 Å². The zero-order valence-corrected chi connectivity index (χ0v) is 28.8. The highest BCUT2D eigenvalue weighted by Crippen LogP contribution is 2.46. The smallest absolute Gasteiger partial charge is 0.182 e. The molecule has 2 aliphatic carbocycles. The third-order valence-electron chi connectivity index (χ3n) is 12.0. The molecule has 0 radical (unpaired) electrons. The predicted molar refractivity (Wildman–Crippen MR) is 211 cm³/mol. The molecule has 236 valence electrons. The van der Waals surface area contributed by atoms with Crippen LogP contribution in [0.5, 0.6) is 0 Å². The Labute approximate surface area is 297 Å². The van der Waals surface area contributed by atoms with E-state index in [2.05, 4.69) is 158 Å². The molecule has 0 unspecified atom stereocenters. The van der Waals surface area contributed by atoms with E-state index < -0.39 is 8.07 Å². The van der Waals surface area contributed by atoms with Crippen LogP contribution in [0.25, 0.3) is 67.3 Å². The summed E-state index contributed by atoms with van der Waals surface area (Å²) in [6, 6.07) is 58.9. The van der Waals surface area contributed by atoms with Gasteiger partial charge in [0.05, 0.1) is 11.4 Å². The fraction of sp³-hybridized carbons (Fsp3) is 0.0417. The van der Waals surface area contributed by atoms with Crippen molar-refractivity contribution in [1.29, 1.82) is 0 Å². The highest BCUT2D eigenvalue weighted by molar-refractivity contribution is 7.24. The van der Waals surface area contributed by atoms with Gasteiger partial charge in [-0.3, -0.25) is 0 Å². The summed E-state index contributed by atoms with van der Waals surface area (Å²) in [6.07, 6.45) is 1.77. The highest BCUT2D eigenvalue weighted by Gasteiger charge is 2.53. The quantitative estimate of drug-likeness (QED) is 0.174. The number of aromatic nitrogens is 2. The van der Waals surface area contributed by atoms with Crippen LogP contribution in [0.2, 0.25) is 0 Å². The highest BCUT2D eigenvalue weighted by atomic mass is 28.3. The van der Waals surface area contributed by atoms with Gasteiger partial charge in [-0.25, -0.2) is 9.97 Å². The van der Waals surface area contributed by atoms with E-state index in [1.165, 1.54) is 87.5 Å². The van der Waals surface area contributed by atoms with Gasteiger partial charge in [0.25, 0.3) is 0 Å². The van der Waals surface area contributed by atoms with E-state index in [9.17, 15) is 0 Å². The van der Waals surface area contributed by atoms with Gasteiger partial charge in [-0.15, -0.1) is 0 Å². The third kappa shape index (κ3) is 3.51. The van der Waals surface area contributed by atoms with Crippen LogP contribution >= 0.6 is 0 Å². The van der Waals surface area contributed by atoms with Crippen LogP contribution in [-0.2, 0) is 12.8 Å². The lowest BCUT2D eigenvalue weighted by Gasteiger charge is -2.28. The van der Waals surface area contributed by atoms with E-state index in [1.54, 1.807) is 0 Å². The van der Waals surface area contributed by atoms with Gasteiger partial charge in [-0.05, 0) is 77.2 Å². The fourth-order valence-electron chi connectivity index (χ4n) is 9.94. The molecule has 1 aromatic heterocycles. The first kappa shape index (κ1) is 27.6. The van der Waals surface area contributed by atoms with Crippen molar-refractivity contribution in [2.45, 2.75) is 12.8 Å². The van der Waals surface area contributed by atoms with Crippen molar-refractivity contribution in [1.82, 2.24) is 9.97 Å². The van der Waals surface area contributed by atoms with Crippen molar-refractivity contribution in [3.63, 3.8) is 0 Å². The molecular formula is C48H30N2Si. The molecule has 0 N–H and O–H groups in total. The molecule has 8 aromatic rings. The van der Waals surface area contributed by atoms with E-state index in [4.69, 9.17) is 9.97 Å². The molecule has 3 heterocycles. The average Bonchev–Trinajstić information content (AvgIpc) is 3.93. The van der Waals surface area contributed by atoms with Gasteiger partial charge >= 0.3 is 0 Å². The summed E-state index contributed by atoms with van der Waals surface area (Å²) in [5, 5.41) is 5.90. The van der Waals surface area contributed by atoms with Crippen molar-refractivity contribution in [2.75, 3.05) is 0 Å². The summed E-state index contributed by atoms with van der Waals surface area (Å²) in [4.78, 5) is 11.1. The number of hydrogen-bond acceptors (Lipinski definition) is 2. The van der Waals surface area contributed by atoms with Crippen LogP contribution in [0.4, 0.5) is 0 Å². The second-order valence-corrected chi connectivity index (χ2v) is 18.0. The van der Waals surface area contributed by atoms with Crippen LogP contribution in [-0.4, -0.2) is 18.0 Å². The minimum atomic E-state index is -2.58. The summed E-state index contributed by atoms with van der Waals surface area (Å²) < 4.78 is 0. The Kier molecular flexibility index (Phi) is 5.40. The summed E-state index contributed by atoms with van der Waals surface area (Å²) in [5.41, 5.74) is 19.1. The minimum absolute atomic E-state index is 0.802. The van der Waals surface area contributed by atoms with E-state index in [0.717, 1.165) is 35.6 Å². The SMILES string of the molecule is c1ccc2c(c1)Cc1c-2cccc1-c1nc(-c2ccc3c(c2)[Si]2(c4ccccc4-c4ccccc42)c2ccccc2-3)nc2c1Cc1ccccc1-2. The summed E-state index contributed by atoms with van der Waals surface area (Å²) in [5.74, 6) is 0.802. The number of nitrogens with zero attached hydrogens (tertiary/aromatic N) is 2. The molecular weight excluding hydrogens is 633 g/mol. The van der Waals surface area contributed by atoms with Gasteiger partial charge in [-0.2, -0.15) is 0 Å². The summed E-state index contributed by atoms with van der Waals surface area (Å²) >= 11 is 0. The number of benzene rings is 7. The first-order chi connectivity index (χ1) is 25.3. The molecule has 51 heavy (non-hydrogen) atoms. The van der Waals surface area contributed by atoms with Crippen LogP contribution in [0.15, 0.2) is 158 Å². The molecule has 0 fully saturated rings. The molecule has 0 amide bonds. The number of hydrogen-bond donors (Lipinski definition) is 0. The molecule has 0 saturated carbocycles. The zero-order valence-electron chi connectivity index (χ0n) is 27.8. The lowest BCUT2D eigenvalue weighted by Crippen LogP contribution is -2.70. The molecule has 12 rings (SSSR count). The Morgan fingerprint density at radius 3 is 1.49 bits per heavy atom. The normalized spacial score (nSPS) is 14.3. The maximum Gasteiger partial charge on any atom is 0.182 e. The Morgan fingerprint density at radius 2 is 0.824 bits per heavy atom. The molecule has 7 aromatic carbocycles. The van der Waals surface area contributed by atoms with E-state index >= 15 is 0 Å². The largest absolute Gasteiger partial charge is 0.228 e. The Hall–Kier alpha value is -6.16. The number of fused-ring (bicyclic) bond motifs is 16. The van der Waals surface area contributed by atoms with Crippen LogP contribution < -0.4 is 20.7 Å². The number of rotatable bonds is 2. The van der Waals surface area contributed by atoms with Crippen molar-refractivity contribution in [3.05, 3.63) is 180 Å². The van der Waals surface area contributed by atoms with Crippen molar-refractivity contribution >= 4 is 28.8 Å². The molecule has 0 saturated heterocycles. The minimum Gasteiger partial charge on any atom is -0.228 e. The summed E-state index contributed by atoms with van der Waals surface area (Å²) in [6.45, 7) is 0. The van der Waals surface area contributed by atoms with Gasteiger partial charge in [-0.1, -0.05) is 158 Å². The molecule has 0 bridgehead atoms. The monoisotopic (exact) mass is 662 g/mol. The van der Waals surface area contributed by atoms with Gasteiger partial charge in [0.1, 0.15) is 0 Å². The predicted octanol–water partition coefficient (Wildman–Crippen LogP) is 8.29. The molecule has 2 nitrogen and oxygen atoms in total. The van der Waals surface area contributed by atoms with Crippen LogP contribution in [0, 0.1) is 0 Å². The van der Waals surface area contributed by atoms with Gasteiger partial charge < -0.3 is 0 Å². The second-order valence-electron chi connectivity index (χ2n) is 14.4. The van der Waals surface area contributed by atoms with E-state index in [1.807, 2.05) is 0 Å². The fourth-order valence-corrected chi connectivity index (χ4v) is 15.6. The Balaban J connectivity index is 1.12. The maximum absolute atomic E-state index is 5.59. The van der Waals surface area contributed by atoms with Gasteiger partial charge in [0.15, 0.2) is 13.9 Å². The lowest BCUT2D eigenvalue weighted by molar-refractivity contribution is 1.13. The third-order valence-corrected chi connectivity index (χ3v) is 17.0. The lowest BCUT2D eigenvalue weighted by atomic mass is 9.95. The zero-order chi connectivity index (χ0) is 33.3. The van der Waals surface area contributed by atoms with Crippen molar-refractivity contribution < 1.29 is 0 Å². The van der Waals surface area contributed by atoms with Crippen molar-refractivity contribution in [2.24, 2.45) is 0 Å². The van der Waals surface area contributed by atoms with Crippen LogP contribution in [0.3, 0.4) is 0 Å². The first-order valence-corrected chi connectivity index (χ1v) is 19.9. The van der Waals surface area contributed by atoms with Crippen LogP contribution in [0.1, 0.15) is 22.3 Å². The topological polar surface area (TPSA) is 25.8 Å². The van der Waals surface area contributed by atoms with Crippen molar-refractivity contribution in [3.8, 4) is 67.3 Å². The molecule has 0 atom stereocenters. The Morgan fingerprint density at radius 1 is 0.353 bits per heavy atom. The average molecular weight is 663 g/mol. The maximum atomic E-state index is 5.59. The van der Waals surface area contributed by atoms with Gasteiger partial charge in [0, 0.05) is 28.7 Å². The second kappa shape index (κ2) is 9.97. The Bertz CT molecular complexity index is 2770. The standard InChI is InChI=1S/C48H30N2Si/c1-3-14-32-29(12-1)26-40-34(32)19-11-20-39(40)47-41-27-30-13-2-4-15-33(30)46(41)49-48(50-47)31-24-25-38-37-18-7-10-23-44(37)51(45(38)28-31)42-21-8-5-16-35(42)36-17-6-9-22-43(36)51/h1-25,28H,26-27H2. The summed E-state index contributed by atoms with van der Waals surface area (Å²) in [7, 11) is -2.58. The molecule has 1 spiro atoms. The molecule has 2 aliphatic heterocycles. The molecule has 3 heteroatoms. The molecule has 4 aliphatic rings.